The Hall–Kier alpha value is -3.94. The van der Waals surface area contributed by atoms with E-state index in [0.717, 1.165) is 22.5 Å². The van der Waals surface area contributed by atoms with Gasteiger partial charge in [-0.15, -0.1) is 0 Å². The van der Waals surface area contributed by atoms with Crippen LogP contribution in [0.1, 0.15) is 30.2 Å². The van der Waals surface area contributed by atoms with Gasteiger partial charge in [0.1, 0.15) is 18.2 Å². The molecule has 1 unspecified atom stereocenters. The Morgan fingerprint density at radius 1 is 1.21 bits per heavy atom. The number of imidazole rings is 1. The van der Waals surface area contributed by atoms with Gasteiger partial charge in [0.15, 0.2) is 11.6 Å². The molecule has 1 saturated heterocycles. The van der Waals surface area contributed by atoms with Crippen LogP contribution in [0, 0.1) is 12.7 Å². The zero-order chi connectivity index (χ0) is 23.9. The number of aryl methyl sites for hydroxylation is 1. The van der Waals surface area contributed by atoms with Gasteiger partial charge in [0, 0.05) is 6.20 Å². The van der Waals surface area contributed by atoms with Crippen LogP contribution in [0.15, 0.2) is 65.7 Å². The van der Waals surface area contributed by atoms with Gasteiger partial charge in [0.2, 0.25) is 5.91 Å². The molecule has 0 N–H and O–H groups in total. The largest absolute Gasteiger partial charge is 0.495 e. The Bertz CT molecular complexity index is 1310. The first-order valence-corrected chi connectivity index (χ1v) is 11.1. The molecule has 0 aliphatic carbocycles. The van der Waals surface area contributed by atoms with Crippen LogP contribution in [0.3, 0.4) is 0 Å². The Kier molecular flexibility index (Phi) is 5.43. The van der Waals surface area contributed by atoms with Crippen molar-refractivity contribution < 1.29 is 18.7 Å². The van der Waals surface area contributed by atoms with Crippen molar-refractivity contribution in [1.82, 2.24) is 14.5 Å². The molecule has 2 aromatic carbocycles. The summed E-state index contributed by atoms with van der Waals surface area (Å²) in [7, 11) is 1.62. The number of amidine groups is 1. The summed E-state index contributed by atoms with van der Waals surface area (Å²) < 4.78 is 27.0. The number of fused-ring (bicyclic) bond motifs is 1. The number of benzene rings is 2. The van der Waals surface area contributed by atoms with Gasteiger partial charge < -0.3 is 18.9 Å². The number of carbonyl (C=O) groups excluding carboxylic acids is 1. The molecule has 0 saturated carbocycles. The Morgan fingerprint density at radius 3 is 2.71 bits per heavy atom. The molecule has 1 amide bonds. The topological polar surface area (TPSA) is 69.0 Å². The van der Waals surface area contributed by atoms with Crippen LogP contribution in [0.4, 0.5) is 4.39 Å². The highest BCUT2D eigenvalue weighted by molar-refractivity contribution is 6.08. The Balaban J connectivity index is 1.52. The smallest absolute Gasteiger partial charge is 0.250 e. The number of aliphatic imine (C=N–C) groups is 1. The summed E-state index contributed by atoms with van der Waals surface area (Å²) >= 11 is 0. The summed E-state index contributed by atoms with van der Waals surface area (Å²) in [5, 5.41) is 0. The van der Waals surface area contributed by atoms with Crippen molar-refractivity contribution in [1.29, 1.82) is 0 Å². The van der Waals surface area contributed by atoms with Crippen LogP contribution >= 0.6 is 0 Å². The van der Waals surface area contributed by atoms with Crippen molar-refractivity contribution in [2.45, 2.75) is 25.8 Å². The maximum atomic E-state index is 13.5. The van der Waals surface area contributed by atoms with E-state index in [9.17, 15) is 9.18 Å². The van der Waals surface area contributed by atoms with Gasteiger partial charge in [-0.2, -0.15) is 4.99 Å². The fourth-order valence-electron chi connectivity index (χ4n) is 4.57. The second-order valence-electron chi connectivity index (χ2n) is 8.65. The average Bonchev–Trinajstić information content (AvgIpc) is 3.26. The number of hydrogen-bond donors (Lipinski definition) is 0. The van der Waals surface area contributed by atoms with E-state index in [1.165, 1.54) is 12.1 Å². The minimum Gasteiger partial charge on any atom is -0.495 e. The van der Waals surface area contributed by atoms with Gasteiger partial charge in [-0.3, -0.25) is 4.79 Å². The molecule has 1 fully saturated rings. The molecule has 0 radical (unpaired) electrons. The van der Waals surface area contributed by atoms with Gasteiger partial charge in [-0.25, -0.2) is 9.37 Å². The number of methoxy groups -OCH3 is 1. The SMILES string of the molecule is COc1cc(/C=C2\OCCN3C2=NC(=O)CC3(C)c2ccc(F)cc2)ccc1-n1cnc(C)c1. The third-order valence-electron chi connectivity index (χ3n) is 6.33. The van der Waals surface area contributed by atoms with E-state index in [1.54, 1.807) is 25.6 Å². The molecule has 7 nitrogen and oxygen atoms in total. The highest BCUT2D eigenvalue weighted by Crippen LogP contribution is 2.39. The molecule has 2 aliphatic rings. The van der Waals surface area contributed by atoms with Crippen LogP contribution in [-0.2, 0) is 15.1 Å². The van der Waals surface area contributed by atoms with Crippen LogP contribution < -0.4 is 4.74 Å². The van der Waals surface area contributed by atoms with E-state index in [1.807, 2.05) is 48.9 Å². The van der Waals surface area contributed by atoms with E-state index in [-0.39, 0.29) is 18.1 Å². The summed E-state index contributed by atoms with van der Waals surface area (Å²) in [6.45, 7) is 4.93. The molecular weight excluding hydrogens is 435 g/mol. The molecule has 1 aromatic heterocycles. The first kappa shape index (κ1) is 21.9. The zero-order valence-corrected chi connectivity index (χ0v) is 19.3. The summed E-state index contributed by atoms with van der Waals surface area (Å²) in [4.78, 5) is 23.4. The van der Waals surface area contributed by atoms with Crippen LogP contribution in [0.5, 0.6) is 5.75 Å². The molecule has 3 heterocycles. The number of ether oxygens (including phenoxy) is 2. The molecule has 2 aliphatic heterocycles. The second-order valence-corrected chi connectivity index (χ2v) is 8.65. The number of nitrogens with zero attached hydrogens (tertiary/aromatic N) is 4. The van der Waals surface area contributed by atoms with E-state index >= 15 is 0 Å². The van der Waals surface area contributed by atoms with E-state index < -0.39 is 5.54 Å². The lowest BCUT2D eigenvalue weighted by Gasteiger charge is -2.47. The molecule has 5 rings (SSSR count). The number of morpholine rings is 1. The molecule has 0 spiro atoms. The lowest BCUT2D eigenvalue weighted by Crippen LogP contribution is -2.55. The fraction of sp³-hybridized carbons (Fsp3) is 0.269. The molecular formula is C26H25FN4O3. The van der Waals surface area contributed by atoms with Crippen molar-refractivity contribution >= 4 is 17.8 Å². The number of aromatic nitrogens is 2. The number of carbonyl (C=O) groups is 1. The van der Waals surface area contributed by atoms with Crippen LogP contribution in [0.25, 0.3) is 11.8 Å². The monoisotopic (exact) mass is 460 g/mol. The normalized spacial score (nSPS) is 21.2. The van der Waals surface area contributed by atoms with Gasteiger partial charge in [0.25, 0.3) is 0 Å². The predicted molar refractivity (Wildman–Crippen MR) is 126 cm³/mol. The lowest BCUT2D eigenvalue weighted by atomic mass is 9.84. The lowest BCUT2D eigenvalue weighted by molar-refractivity contribution is -0.121. The maximum Gasteiger partial charge on any atom is 0.250 e. The molecule has 3 aromatic rings. The molecule has 1 atom stereocenters. The van der Waals surface area contributed by atoms with Crippen LogP contribution in [0.2, 0.25) is 0 Å². The Labute approximate surface area is 197 Å². The summed E-state index contributed by atoms with van der Waals surface area (Å²) in [5.74, 6) is 1.13. The van der Waals surface area contributed by atoms with Gasteiger partial charge in [-0.05, 0) is 55.3 Å². The summed E-state index contributed by atoms with van der Waals surface area (Å²) in [6, 6.07) is 12.1. The standard InChI is InChI=1S/C26H25FN4O3/c1-17-15-30(16-28-17)21-9-4-18(12-22(21)33-3)13-23-25-29-24(32)14-26(2,31(25)10-11-34-23)19-5-7-20(27)8-6-19/h4-9,12-13,15-16H,10-11,14H2,1-3H3/b23-13-. The molecule has 34 heavy (non-hydrogen) atoms. The highest BCUT2D eigenvalue weighted by Gasteiger charge is 2.44. The molecule has 8 heteroatoms. The minimum absolute atomic E-state index is 0.211. The minimum atomic E-state index is -0.647. The van der Waals surface area contributed by atoms with Crippen molar-refractivity contribution in [3.05, 3.63) is 83.4 Å². The quantitative estimate of drug-likeness (QED) is 0.582. The van der Waals surface area contributed by atoms with Gasteiger partial charge >= 0.3 is 0 Å². The van der Waals surface area contributed by atoms with Crippen molar-refractivity contribution in [3.8, 4) is 11.4 Å². The number of halogens is 1. The van der Waals surface area contributed by atoms with Crippen molar-refractivity contribution in [2.24, 2.45) is 4.99 Å². The van der Waals surface area contributed by atoms with Crippen LogP contribution in [-0.4, -0.2) is 46.5 Å². The van der Waals surface area contributed by atoms with E-state index in [2.05, 4.69) is 14.9 Å². The fourth-order valence-corrected chi connectivity index (χ4v) is 4.57. The van der Waals surface area contributed by atoms with Gasteiger partial charge in [0.05, 0.1) is 43.3 Å². The average molecular weight is 461 g/mol. The predicted octanol–water partition coefficient (Wildman–Crippen LogP) is 4.25. The summed E-state index contributed by atoms with van der Waals surface area (Å²) in [6.07, 6.45) is 5.74. The Morgan fingerprint density at radius 2 is 2.00 bits per heavy atom. The third kappa shape index (κ3) is 3.85. The first-order valence-electron chi connectivity index (χ1n) is 11.1. The third-order valence-corrected chi connectivity index (χ3v) is 6.33. The van der Waals surface area contributed by atoms with Crippen molar-refractivity contribution in [2.75, 3.05) is 20.3 Å². The van der Waals surface area contributed by atoms with Crippen molar-refractivity contribution in [3.63, 3.8) is 0 Å². The number of rotatable bonds is 4. The molecule has 174 valence electrons. The summed E-state index contributed by atoms with van der Waals surface area (Å²) in [5.41, 5.74) is 2.83. The van der Waals surface area contributed by atoms with E-state index in [0.29, 0.717) is 30.5 Å². The van der Waals surface area contributed by atoms with E-state index in [4.69, 9.17) is 9.47 Å². The molecule has 0 bridgehead atoms. The second kappa shape index (κ2) is 8.44. The highest BCUT2D eigenvalue weighted by atomic mass is 19.1. The van der Waals surface area contributed by atoms with Gasteiger partial charge in [-0.1, -0.05) is 18.2 Å². The number of hydrogen-bond acceptors (Lipinski definition) is 5. The zero-order valence-electron chi connectivity index (χ0n) is 19.3. The maximum absolute atomic E-state index is 13.5. The number of amides is 1. The first-order chi connectivity index (χ1) is 16.4.